The van der Waals surface area contributed by atoms with Gasteiger partial charge in [0.15, 0.2) is 0 Å². The third-order valence-electron chi connectivity index (χ3n) is 6.08. The molecule has 14 nitrogen and oxygen atoms in total. The number of allylic oxidation sites excluding steroid dienone is 2. The number of carbonyl (C=O) groups excluding carboxylic acids is 4. The molecule has 2 saturated heterocycles. The van der Waals surface area contributed by atoms with Crippen molar-refractivity contribution in [3.05, 3.63) is 12.2 Å². The van der Waals surface area contributed by atoms with E-state index in [4.69, 9.17) is 0 Å². The number of imide groups is 2. The van der Waals surface area contributed by atoms with E-state index in [0.29, 0.717) is 0 Å². The highest BCUT2D eigenvalue weighted by molar-refractivity contribution is 6.25. The van der Waals surface area contributed by atoms with Gasteiger partial charge in [-0.05, 0) is 10.4 Å². The molecule has 2 unspecified atom stereocenters. The molecule has 2 aliphatic heterocycles. The zero-order valence-corrected chi connectivity index (χ0v) is 13.8. The van der Waals surface area contributed by atoms with Gasteiger partial charge in [-0.25, -0.2) is 9.80 Å². The van der Waals surface area contributed by atoms with Crippen molar-refractivity contribution in [2.24, 2.45) is 35.5 Å². The molecule has 1 saturated carbocycles. The number of nitrogens with zero attached hydrogens (tertiary/aromatic N) is 8. The molecule has 2 bridgehead atoms. The van der Waals surface area contributed by atoms with Crippen molar-refractivity contribution in [3.63, 3.8) is 0 Å². The Bertz CT molecular complexity index is 934. The zero-order valence-electron chi connectivity index (χ0n) is 13.8. The van der Waals surface area contributed by atoms with Crippen LogP contribution in [-0.4, -0.2) is 64.9 Å². The van der Waals surface area contributed by atoms with Gasteiger partial charge in [-0.2, -0.15) is 10.4 Å². The summed E-state index contributed by atoms with van der Waals surface area (Å²) < 4.78 is 0. The Morgan fingerprint density at radius 2 is 1.00 bits per heavy atom. The summed E-state index contributed by atoms with van der Waals surface area (Å²) in [5.41, 5.74) is 0. The molecule has 0 spiro atoms. The van der Waals surface area contributed by atoms with Crippen LogP contribution in [0.15, 0.2) is 12.2 Å². The van der Waals surface area contributed by atoms with Crippen molar-refractivity contribution in [2.45, 2.75) is 0 Å². The summed E-state index contributed by atoms with van der Waals surface area (Å²) in [6.07, 6.45) is 3.51. The van der Waals surface area contributed by atoms with Crippen molar-refractivity contribution >= 4 is 35.5 Å². The fourth-order valence-electron chi connectivity index (χ4n) is 5.12. The molecule has 4 amide bonds. The lowest BCUT2D eigenvalue weighted by Crippen LogP contribution is -2.50. The van der Waals surface area contributed by atoms with Gasteiger partial charge >= 0.3 is 0 Å². The number of amides is 4. The van der Waals surface area contributed by atoms with Gasteiger partial charge in [0.2, 0.25) is 23.6 Å². The van der Waals surface area contributed by atoms with Gasteiger partial charge < -0.3 is 0 Å². The zero-order chi connectivity index (χ0) is 19.2. The monoisotopic (exact) mass is 382 g/mol. The second-order valence-electron chi connectivity index (χ2n) is 7.09. The van der Waals surface area contributed by atoms with Crippen molar-refractivity contribution in [3.8, 4) is 0 Å². The van der Waals surface area contributed by atoms with Gasteiger partial charge in [0.1, 0.15) is 0 Å². The molecule has 6 atom stereocenters. The second-order valence-corrected chi connectivity index (χ2v) is 7.09. The summed E-state index contributed by atoms with van der Waals surface area (Å²) in [4.78, 5) is 53.9. The summed E-state index contributed by atoms with van der Waals surface area (Å²) in [6.45, 7) is 0. The van der Waals surface area contributed by atoms with Crippen LogP contribution in [-0.2, 0) is 19.2 Å². The minimum atomic E-state index is -0.760. The molecule has 3 fully saturated rings. The molecule has 2 aromatic heterocycles. The maximum absolute atomic E-state index is 13.0. The summed E-state index contributed by atoms with van der Waals surface area (Å²) in [6, 6.07) is 0. The van der Waals surface area contributed by atoms with Gasteiger partial charge in [0.05, 0.1) is 23.7 Å². The number of H-pyrrole nitrogens is 2. The van der Waals surface area contributed by atoms with Crippen LogP contribution in [0.25, 0.3) is 0 Å². The van der Waals surface area contributed by atoms with E-state index in [9.17, 15) is 19.2 Å². The van der Waals surface area contributed by atoms with Gasteiger partial charge in [-0.15, -0.1) is 10.2 Å². The van der Waals surface area contributed by atoms with Crippen LogP contribution in [0, 0.1) is 35.5 Å². The molecule has 4 heterocycles. The molecule has 28 heavy (non-hydrogen) atoms. The number of nitrogens with one attached hydrogen (secondary N) is 2. The number of hydrogen-bond donors (Lipinski definition) is 2. The predicted molar refractivity (Wildman–Crippen MR) is 83.4 cm³/mol. The Morgan fingerprint density at radius 1 is 0.643 bits per heavy atom. The fourth-order valence-corrected chi connectivity index (χ4v) is 5.12. The van der Waals surface area contributed by atoms with Crippen LogP contribution in [0.2, 0.25) is 0 Å². The van der Waals surface area contributed by atoms with E-state index in [0.717, 1.165) is 9.80 Å². The lowest BCUT2D eigenvalue weighted by molar-refractivity contribution is -0.137. The second kappa shape index (κ2) is 4.90. The molecular formula is C14H10N10O4. The molecule has 5 aliphatic rings. The molecule has 2 N–H and O–H groups in total. The first-order chi connectivity index (χ1) is 13.6. The van der Waals surface area contributed by atoms with Crippen LogP contribution < -0.4 is 9.80 Å². The maximum atomic E-state index is 13.0. The minimum Gasteiger partial charge on any atom is -0.274 e. The maximum Gasteiger partial charge on any atom is 0.279 e. The Balaban J connectivity index is 1.44. The Kier molecular flexibility index (Phi) is 2.67. The lowest BCUT2D eigenvalue weighted by atomic mass is 9.54. The molecular weight excluding hydrogens is 372 g/mol. The predicted octanol–water partition coefficient (Wildman–Crippen LogP) is -2.56. The fraction of sp³-hybridized carbons (Fsp3) is 0.429. The molecule has 3 aliphatic carbocycles. The molecule has 0 aromatic carbocycles. The van der Waals surface area contributed by atoms with E-state index < -0.39 is 59.1 Å². The van der Waals surface area contributed by atoms with Crippen LogP contribution in [0.4, 0.5) is 11.9 Å². The summed E-state index contributed by atoms with van der Waals surface area (Å²) in [5.74, 6) is -6.48. The molecule has 2 aromatic rings. The van der Waals surface area contributed by atoms with E-state index in [-0.39, 0.29) is 11.9 Å². The number of hydrogen-bond acceptors (Lipinski definition) is 10. The van der Waals surface area contributed by atoms with E-state index >= 15 is 0 Å². The van der Waals surface area contributed by atoms with Gasteiger partial charge in [0.25, 0.3) is 11.9 Å². The number of tetrazole rings is 2. The number of aromatic nitrogens is 8. The summed E-state index contributed by atoms with van der Waals surface area (Å²) in [5, 5.41) is 26.1. The summed E-state index contributed by atoms with van der Waals surface area (Å²) >= 11 is 0. The first-order valence-corrected chi connectivity index (χ1v) is 8.50. The van der Waals surface area contributed by atoms with E-state index in [1.165, 1.54) is 0 Å². The van der Waals surface area contributed by atoms with Crippen molar-refractivity contribution < 1.29 is 19.2 Å². The van der Waals surface area contributed by atoms with Crippen molar-refractivity contribution in [2.75, 3.05) is 9.80 Å². The molecule has 7 rings (SSSR count). The molecule has 140 valence electrons. The number of carbonyl (C=O) groups is 4. The third-order valence-corrected chi connectivity index (χ3v) is 6.08. The minimum absolute atomic E-state index is 0.139. The Morgan fingerprint density at radius 3 is 1.29 bits per heavy atom. The van der Waals surface area contributed by atoms with E-state index in [1.54, 1.807) is 12.2 Å². The van der Waals surface area contributed by atoms with Gasteiger partial charge in [-0.3, -0.25) is 19.2 Å². The van der Waals surface area contributed by atoms with Gasteiger partial charge in [0, 0.05) is 11.8 Å². The highest BCUT2D eigenvalue weighted by Crippen LogP contribution is 2.58. The number of anilines is 2. The topological polar surface area (TPSA) is 184 Å². The Hall–Kier alpha value is -3.84. The van der Waals surface area contributed by atoms with Crippen molar-refractivity contribution in [1.82, 2.24) is 41.2 Å². The third kappa shape index (κ3) is 1.58. The number of aromatic amines is 2. The van der Waals surface area contributed by atoms with Gasteiger partial charge in [-0.1, -0.05) is 22.3 Å². The van der Waals surface area contributed by atoms with Crippen LogP contribution >= 0.6 is 0 Å². The average molecular weight is 382 g/mol. The number of rotatable bonds is 2. The van der Waals surface area contributed by atoms with E-state index in [2.05, 4.69) is 41.2 Å². The first-order valence-electron chi connectivity index (χ1n) is 8.50. The molecule has 0 radical (unpaired) electrons. The summed E-state index contributed by atoms with van der Waals surface area (Å²) in [7, 11) is 0. The average Bonchev–Trinajstić information content (AvgIpc) is 3.46. The quantitative estimate of drug-likeness (QED) is 0.413. The van der Waals surface area contributed by atoms with E-state index in [1.807, 2.05) is 0 Å². The van der Waals surface area contributed by atoms with Crippen molar-refractivity contribution in [1.29, 1.82) is 0 Å². The largest absolute Gasteiger partial charge is 0.279 e. The lowest BCUT2D eigenvalue weighted by Gasteiger charge is -2.44. The Labute approximate surface area is 154 Å². The van der Waals surface area contributed by atoms with Crippen LogP contribution in [0.3, 0.4) is 0 Å². The smallest absolute Gasteiger partial charge is 0.274 e. The molecule has 14 heteroatoms. The first kappa shape index (κ1) is 15.2. The SMILES string of the molecule is O=C1[C@@H]2C3C=CC([C@@H]2C(=O)N1c1nn[nH]n1)[C@@H]1C(=O)N(c2nn[nH]n2)C(=O)[C@@H]31. The van der Waals surface area contributed by atoms with Crippen LogP contribution in [0.5, 0.6) is 0 Å². The standard InChI is InChI=1S/C14H10N10O4/c25-9-5-3-1-2-4(7(5)11(27)23(9)13-15-19-20-16-13)8-6(3)10(26)24(12(8)28)14-17-21-22-18-14/h1-8H,(H,15,16,19,20)(H,17,18,21,22)/t3?,4?,5-,6-,7-,8+/m0/s1. The highest BCUT2D eigenvalue weighted by atomic mass is 16.2. The normalized spacial score (nSPS) is 35.9. The van der Waals surface area contributed by atoms with Crippen LogP contribution in [0.1, 0.15) is 0 Å². The highest BCUT2D eigenvalue weighted by Gasteiger charge is 2.69.